The van der Waals surface area contributed by atoms with Crippen LogP contribution in [0.15, 0.2) is 60.7 Å². The highest BCUT2D eigenvalue weighted by atomic mass is 31.2. The van der Waals surface area contributed by atoms with Crippen LogP contribution in [-0.2, 0) is 28.3 Å². The summed E-state index contributed by atoms with van der Waals surface area (Å²) in [5.74, 6) is -6.45. The zero-order chi connectivity index (χ0) is 36.3. The van der Waals surface area contributed by atoms with Crippen molar-refractivity contribution in [1.29, 1.82) is 0 Å². The third-order valence-corrected chi connectivity index (χ3v) is 12.2. The van der Waals surface area contributed by atoms with Crippen LogP contribution in [0.3, 0.4) is 0 Å². The van der Waals surface area contributed by atoms with E-state index in [0.717, 1.165) is 24.0 Å². The van der Waals surface area contributed by atoms with Crippen LogP contribution in [0.25, 0.3) is 0 Å². The molecule has 0 spiro atoms. The third kappa shape index (κ3) is 18.3. The molecule has 0 amide bonds. The highest BCUT2D eigenvalue weighted by molar-refractivity contribution is 7.58. The molecule has 0 aliphatic heterocycles. The fourth-order valence-corrected chi connectivity index (χ4v) is 9.15. The van der Waals surface area contributed by atoms with Crippen molar-refractivity contribution in [2.75, 3.05) is 24.6 Å². The Morgan fingerprint density at radius 1 is 0.625 bits per heavy atom. The van der Waals surface area contributed by atoms with Crippen molar-refractivity contribution >= 4 is 38.6 Å². The molecule has 0 aliphatic carbocycles. The Balaban J connectivity index is 0.000000480. The standard InChI is InChI=1S/2C17H25O6P/c1-13(14-7-3-2-4-8-14)6-5-11-24(22,23)12-15(17(20)21)9-10-16(18)19;1-2-13(14-6-4-3-5-7-14)10-11-24(22,23)12-15(17(20)21)8-9-16(18)19/h2-4,7-8,13,15H,5-6,9-12H2,1H3,(H,18,19)(H,20,21)(H,22,23);3-7,13,15H,2,8-12H2,1H3,(H,18,19)(H,20,21)(H,22,23). The van der Waals surface area contributed by atoms with Gasteiger partial charge in [-0.15, -0.1) is 0 Å². The molecule has 0 saturated carbocycles. The second-order valence-corrected chi connectivity index (χ2v) is 17.2. The fraction of sp³-hybridized carbons (Fsp3) is 0.529. The monoisotopic (exact) mass is 712 g/mol. The molecule has 48 heavy (non-hydrogen) atoms. The second-order valence-electron chi connectivity index (χ2n) is 12.2. The lowest BCUT2D eigenvalue weighted by Crippen LogP contribution is -2.20. The first-order valence-electron chi connectivity index (χ1n) is 16.1. The zero-order valence-corrected chi connectivity index (χ0v) is 29.4. The Morgan fingerprint density at radius 3 is 1.44 bits per heavy atom. The summed E-state index contributed by atoms with van der Waals surface area (Å²) in [7, 11) is -7.21. The van der Waals surface area contributed by atoms with Crippen molar-refractivity contribution in [3.8, 4) is 0 Å². The Labute approximate surface area is 282 Å². The molecule has 0 radical (unpaired) electrons. The molecule has 0 aromatic heterocycles. The number of benzene rings is 2. The van der Waals surface area contributed by atoms with E-state index >= 15 is 0 Å². The predicted octanol–water partition coefficient (Wildman–Crippen LogP) is 6.81. The summed E-state index contributed by atoms with van der Waals surface area (Å²) in [6.45, 7) is 4.05. The summed E-state index contributed by atoms with van der Waals surface area (Å²) in [5, 5.41) is 35.5. The van der Waals surface area contributed by atoms with Crippen molar-refractivity contribution in [3.63, 3.8) is 0 Å². The maximum atomic E-state index is 12.4. The van der Waals surface area contributed by atoms with Gasteiger partial charge < -0.3 is 30.2 Å². The highest BCUT2D eigenvalue weighted by Gasteiger charge is 2.30. The van der Waals surface area contributed by atoms with E-state index in [0.29, 0.717) is 12.8 Å². The summed E-state index contributed by atoms with van der Waals surface area (Å²) < 4.78 is 24.6. The van der Waals surface area contributed by atoms with Crippen LogP contribution in [0.2, 0.25) is 0 Å². The Kier molecular flexibility index (Phi) is 19.2. The molecule has 268 valence electrons. The average Bonchev–Trinajstić information content (AvgIpc) is 3.02. The van der Waals surface area contributed by atoms with Gasteiger partial charge in [0, 0.05) is 37.5 Å². The summed E-state index contributed by atoms with van der Waals surface area (Å²) in [4.78, 5) is 63.6. The van der Waals surface area contributed by atoms with Gasteiger partial charge in [-0.05, 0) is 61.5 Å². The van der Waals surface area contributed by atoms with Gasteiger partial charge in [-0.3, -0.25) is 28.3 Å². The van der Waals surface area contributed by atoms with Crippen LogP contribution < -0.4 is 0 Å². The van der Waals surface area contributed by atoms with Crippen molar-refractivity contribution in [2.24, 2.45) is 11.8 Å². The van der Waals surface area contributed by atoms with E-state index in [9.17, 15) is 38.1 Å². The van der Waals surface area contributed by atoms with Gasteiger partial charge in [-0.2, -0.15) is 0 Å². The van der Waals surface area contributed by atoms with Gasteiger partial charge in [0.1, 0.15) is 0 Å². The highest BCUT2D eigenvalue weighted by Crippen LogP contribution is 2.46. The van der Waals surface area contributed by atoms with Crippen LogP contribution in [-0.4, -0.2) is 78.7 Å². The van der Waals surface area contributed by atoms with Crippen molar-refractivity contribution < 1.29 is 58.5 Å². The molecule has 6 unspecified atom stereocenters. The second kappa shape index (κ2) is 21.6. The van der Waals surface area contributed by atoms with Crippen LogP contribution in [0.5, 0.6) is 0 Å². The minimum absolute atomic E-state index is 0.0389. The van der Waals surface area contributed by atoms with E-state index in [1.807, 2.05) is 74.5 Å². The fourth-order valence-electron chi connectivity index (χ4n) is 5.33. The molecule has 12 nitrogen and oxygen atoms in total. The largest absolute Gasteiger partial charge is 0.481 e. The first-order valence-corrected chi connectivity index (χ1v) is 20.1. The first-order chi connectivity index (χ1) is 22.5. The van der Waals surface area contributed by atoms with Gasteiger partial charge in [-0.1, -0.05) is 74.5 Å². The van der Waals surface area contributed by atoms with E-state index in [1.54, 1.807) is 0 Å². The van der Waals surface area contributed by atoms with Crippen molar-refractivity contribution in [2.45, 2.75) is 77.0 Å². The first kappa shape index (κ1) is 42.7. The maximum Gasteiger partial charge on any atom is 0.307 e. The van der Waals surface area contributed by atoms with Gasteiger partial charge in [0.2, 0.25) is 14.7 Å². The van der Waals surface area contributed by atoms with Gasteiger partial charge >= 0.3 is 23.9 Å². The Bertz CT molecular complexity index is 1380. The third-order valence-electron chi connectivity index (χ3n) is 8.23. The van der Waals surface area contributed by atoms with E-state index in [-0.39, 0.29) is 62.2 Å². The number of rotatable bonds is 22. The van der Waals surface area contributed by atoms with Gasteiger partial charge in [0.15, 0.2) is 0 Å². The molecule has 0 saturated heterocycles. The van der Waals surface area contributed by atoms with Crippen LogP contribution in [0.4, 0.5) is 0 Å². The molecule has 2 rings (SSSR count). The van der Waals surface area contributed by atoms with Crippen molar-refractivity contribution in [1.82, 2.24) is 0 Å². The summed E-state index contributed by atoms with van der Waals surface area (Å²) in [5.41, 5.74) is 2.26. The molecule has 6 atom stereocenters. The Hall–Kier alpha value is -3.30. The SMILES string of the molecule is CC(CCCP(=O)(O)CC(CCC(=O)O)C(=O)O)c1ccccc1.CCC(CCP(=O)(O)CC(CCC(=O)O)C(=O)O)c1ccccc1. The molecule has 0 bridgehead atoms. The number of hydrogen-bond donors (Lipinski definition) is 6. The quantitative estimate of drug-likeness (QED) is 0.0693. The minimum Gasteiger partial charge on any atom is -0.481 e. The van der Waals surface area contributed by atoms with Crippen LogP contribution >= 0.6 is 14.7 Å². The number of carboxylic acid groups (broad SMARTS) is 4. The van der Waals surface area contributed by atoms with E-state index in [2.05, 4.69) is 0 Å². The van der Waals surface area contributed by atoms with Crippen LogP contribution in [0, 0.1) is 11.8 Å². The van der Waals surface area contributed by atoms with Gasteiger partial charge in [0.25, 0.3) is 0 Å². The molecular formula is C34H50O12P2. The molecule has 0 heterocycles. The van der Waals surface area contributed by atoms with E-state index in [4.69, 9.17) is 20.4 Å². The molecule has 0 aliphatic rings. The molecule has 2 aromatic rings. The van der Waals surface area contributed by atoms with Crippen LogP contribution in [0.1, 0.15) is 88.2 Å². The number of carbonyl (C=O) groups is 4. The minimum atomic E-state index is -3.62. The molecule has 14 heteroatoms. The number of hydrogen-bond acceptors (Lipinski definition) is 6. The number of carboxylic acids is 4. The summed E-state index contributed by atoms with van der Waals surface area (Å²) >= 11 is 0. The zero-order valence-electron chi connectivity index (χ0n) is 27.6. The lowest BCUT2D eigenvalue weighted by molar-refractivity contribution is -0.144. The summed E-state index contributed by atoms with van der Waals surface area (Å²) in [6, 6.07) is 19.5. The van der Waals surface area contributed by atoms with Gasteiger partial charge in [-0.25, -0.2) is 0 Å². The lowest BCUT2D eigenvalue weighted by Gasteiger charge is -2.20. The van der Waals surface area contributed by atoms with Gasteiger partial charge in [0.05, 0.1) is 11.8 Å². The topological polar surface area (TPSA) is 224 Å². The molecular weight excluding hydrogens is 662 g/mol. The lowest BCUT2D eigenvalue weighted by atomic mass is 9.94. The molecule has 2 aromatic carbocycles. The maximum absolute atomic E-state index is 12.4. The normalized spacial score (nSPS) is 16.1. The molecule has 0 fully saturated rings. The average molecular weight is 713 g/mol. The smallest absolute Gasteiger partial charge is 0.307 e. The Morgan fingerprint density at radius 2 is 1.04 bits per heavy atom. The predicted molar refractivity (Wildman–Crippen MR) is 183 cm³/mol. The summed E-state index contributed by atoms with van der Waals surface area (Å²) in [6.07, 6.45) is 1.04. The number of aliphatic carboxylic acids is 4. The molecule has 6 N–H and O–H groups in total. The van der Waals surface area contributed by atoms with Crippen molar-refractivity contribution in [3.05, 3.63) is 71.8 Å². The van der Waals surface area contributed by atoms with E-state index < -0.39 is 50.5 Å². The van der Waals surface area contributed by atoms with E-state index in [1.165, 1.54) is 0 Å².